The SMILES string of the molecule is O=c1c2c(nc(N/N=C\c3ccncc3)n1C1CCCCC1)-c1ccccc1CC21CCCCC1. The van der Waals surface area contributed by atoms with Gasteiger partial charge in [0.1, 0.15) is 0 Å². The van der Waals surface area contributed by atoms with Crippen LogP contribution < -0.4 is 11.0 Å². The molecule has 0 atom stereocenters. The summed E-state index contributed by atoms with van der Waals surface area (Å²) in [7, 11) is 0. The number of hydrogen-bond acceptors (Lipinski definition) is 5. The van der Waals surface area contributed by atoms with Crippen molar-refractivity contribution in [3.8, 4) is 11.3 Å². The van der Waals surface area contributed by atoms with Crippen molar-refractivity contribution in [1.82, 2.24) is 14.5 Å². The highest BCUT2D eigenvalue weighted by Gasteiger charge is 2.44. The second-order valence-electron chi connectivity index (χ2n) is 10.5. The van der Waals surface area contributed by atoms with Crippen molar-refractivity contribution in [3.63, 3.8) is 0 Å². The zero-order valence-corrected chi connectivity index (χ0v) is 20.2. The third kappa shape index (κ3) is 4.09. The van der Waals surface area contributed by atoms with E-state index >= 15 is 0 Å². The smallest absolute Gasteiger partial charge is 0.259 e. The molecule has 2 saturated carbocycles. The van der Waals surface area contributed by atoms with E-state index in [2.05, 4.69) is 39.8 Å². The summed E-state index contributed by atoms with van der Waals surface area (Å²) in [5.41, 5.74) is 8.43. The van der Waals surface area contributed by atoms with Crippen LogP contribution in [0, 0.1) is 0 Å². The number of nitrogens with zero attached hydrogens (tertiary/aromatic N) is 4. The van der Waals surface area contributed by atoms with Crippen molar-refractivity contribution < 1.29 is 0 Å². The minimum absolute atomic E-state index is 0.0960. The molecule has 1 spiro atoms. The second-order valence-corrected chi connectivity index (χ2v) is 10.5. The number of pyridine rings is 1. The monoisotopic (exact) mass is 467 g/mol. The predicted octanol–water partition coefficient (Wildman–Crippen LogP) is 6.01. The number of hydrogen-bond donors (Lipinski definition) is 1. The van der Waals surface area contributed by atoms with Crippen LogP contribution in [-0.2, 0) is 11.8 Å². The third-order valence-electron chi connectivity index (χ3n) is 8.28. The van der Waals surface area contributed by atoms with E-state index < -0.39 is 0 Å². The molecule has 3 aliphatic rings. The lowest BCUT2D eigenvalue weighted by Gasteiger charge is -2.42. The van der Waals surface area contributed by atoms with E-state index in [0.717, 1.165) is 67.3 Å². The summed E-state index contributed by atoms with van der Waals surface area (Å²) in [6, 6.07) is 12.5. The number of aromatic nitrogens is 3. The molecule has 0 radical (unpaired) electrons. The van der Waals surface area contributed by atoms with Crippen molar-refractivity contribution in [1.29, 1.82) is 0 Å². The van der Waals surface area contributed by atoms with E-state index in [1.165, 1.54) is 31.2 Å². The molecule has 2 heterocycles. The van der Waals surface area contributed by atoms with Gasteiger partial charge in [-0.3, -0.25) is 14.3 Å². The molecule has 0 bridgehead atoms. The highest BCUT2D eigenvalue weighted by Crippen LogP contribution is 2.49. The summed E-state index contributed by atoms with van der Waals surface area (Å²) >= 11 is 0. The zero-order chi connectivity index (χ0) is 23.7. The van der Waals surface area contributed by atoms with Gasteiger partial charge in [-0.25, -0.2) is 10.4 Å². The highest BCUT2D eigenvalue weighted by atomic mass is 16.1. The molecule has 2 aromatic heterocycles. The topological polar surface area (TPSA) is 72.2 Å². The van der Waals surface area contributed by atoms with Crippen LogP contribution in [-0.4, -0.2) is 20.7 Å². The van der Waals surface area contributed by atoms with Gasteiger partial charge >= 0.3 is 0 Å². The maximum Gasteiger partial charge on any atom is 0.259 e. The summed E-state index contributed by atoms with van der Waals surface area (Å²) in [4.78, 5) is 23.7. The number of fused-ring (bicyclic) bond motifs is 4. The van der Waals surface area contributed by atoms with Crippen molar-refractivity contribution in [3.05, 3.63) is 75.8 Å². The van der Waals surface area contributed by atoms with Crippen molar-refractivity contribution >= 4 is 12.2 Å². The normalized spacial score (nSPS) is 19.4. The fourth-order valence-electron chi connectivity index (χ4n) is 6.59. The Labute approximate surface area is 206 Å². The van der Waals surface area contributed by atoms with Gasteiger partial charge in [0.05, 0.1) is 17.5 Å². The van der Waals surface area contributed by atoms with Crippen LogP contribution in [0.5, 0.6) is 0 Å². The Kier molecular flexibility index (Phi) is 5.96. The molecular weight excluding hydrogens is 434 g/mol. The second kappa shape index (κ2) is 9.40. The molecule has 3 aliphatic carbocycles. The average Bonchev–Trinajstić information content (AvgIpc) is 2.90. The average molecular weight is 468 g/mol. The molecule has 35 heavy (non-hydrogen) atoms. The predicted molar refractivity (Wildman–Crippen MR) is 140 cm³/mol. The maximum absolute atomic E-state index is 14.5. The van der Waals surface area contributed by atoms with Gasteiger partial charge in [0.25, 0.3) is 5.56 Å². The Morgan fingerprint density at radius 1 is 0.971 bits per heavy atom. The zero-order valence-electron chi connectivity index (χ0n) is 20.2. The molecule has 3 aromatic rings. The van der Waals surface area contributed by atoms with Gasteiger partial charge in [-0.05, 0) is 55.4 Å². The quantitative estimate of drug-likeness (QED) is 0.376. The lowest BCUT2D eigenvalue weighted by molar-refractivity contribution is 0.278. The summed E-state index contributed by atoms with van der Waals surface area (Å²) in [5, 5.41) is 4.49. The van der Waals surface area contributed by atoms with Gasteiger partial charge < -0.3 is 0 Å². The molecule has 6 rings (SSSR count). The van der Waals surface area contributed by atoms with E-state index in [1.807, 2.05) is 16.7 Å². The van der Waals surface area contributed by atoms with Crippen LogP contribution in [0.4, 0.5) is 5.95 Å². The van der Waals surface area contributed by atoms with E-state index in [4.69, 9.17) is 4.98 Å². The number of anilines is 1. The fourth-order valence-corrected chi connectivity index (χ4v) is 6.59. The lowest BCUT2D eigenvalue weighted by Crippen LogP contribution is -2.44. The summed E-state index contributed by atoms with van der Waals surface area (Å²) in [6.07, 6.45) is 17.6. The molecular formula is C29H33N5O. The molecule has 2 fully saturated rings. The number of nitrogens with one attached hydrogen (secondary N) is 1. The fraction of sp³-hybridized carbons (Fsp3) is 0.448. The molecule has 1 aromatic carbocycles. The van der Waals surface area contributed by atoms with Gasteiger partial charge in [-0.1, -0.05) is 62.8 Å². The molecule has 180 valence electrons. The summed E-state index contributed by atoms with van der Waals surface area (Å²) in [5.74, 6) is 0.564. The number of benzene rings is 1. The van der Waals surface area contributed by atoms with Gasteiger partial charge in [0, 0.05) is 29.4 Å². The summed E-state index contributed by atoms with van der Waals surface area (Å²) in [6.45, 7) is 0. The van der Waals surface area contributed by atoms with Crippen LogP contribution >= 0.6 is 0 Å². The van der Waals surface area contributed by atoms with Gasteiger partial charge in [0.2, 0.25) is 5.95 Å². The molecule has 6 nitrogen and oxygen atoms in total. The van der Waals surface area contributed by atoms with Crippen LogP contribution in [0.15, 0.2) is 58.7 Å². The highest BCUT2D eigenvalue weighted by molar-refractivity contribution is 5.79. The first-order valence-electron chi connectivity index (χ1n) is 13.2. The van der Waals surface area contributed by atoms with Gasteiger partial charge in [0.15, 0.2) is 0 Å². The van der Waals surface area contributed by atoms with Gasteiger partial charge in [-0.2, -0.15) is 5.10 Å². The Hall–Kier alpha value is -3.28. The third-order valence-corrected chi connectivity index (χ3v) is 8.28. The van der Waals surface area contributed by atoms with Gasteiger partial charge in [-0.15, -0.1) is 0 Å². The Morgan fingerprint density at radius 2 is 1.71 bits per heavy atom. The van der Waals surface area contributed by atoms with E-state index in [1.54, 1.807) is 18.6 Å². The number of hydrazone groups is 1. The molecule has 0 unspecified atom stereocenters. The lowest BCUT2D eigenvalue weighted by atomic mass is 9.62. The minimum Gasteiger partial charge on any atom is -0.274 e. The van der Waals surface area contributed by atoms with Crippen LogP contribution in [0.1, 0.15) is 86.9 Å². The first kappa shape index (κ1) is 22.2. The molecule has 0 amide bonds. The van der Waals surface area contributed by atoms with Crippen molar-refractivity contribution in [2.24, 2.45) is 5.10 Å². The van der Waals surface area contributed by atoms with Crippen LogP contribution in [0.3, 0.4) is 0 Å². The molecule has 1 N–H and O–H groups in total. The van der Waals surface area contributed by atoms with Crippen LogP contribution in [0.25, 0.3) is 11.3 Å². The van der Waals surface area contributed by atoms with E-state index in [-0.39, 0.29) is 17.0 Å². The van der Waals surface area contributed by atoms with Crippen LogP contribution in [0.2, 0.25) is 0 Å². The minimum atomic E-state index is -0.0960. The van der Waals surface area contributed by atoms with E-state index in [0.29, 0.717) is 5.95 Å². The molecule has 0 aliphatic heterocycles. The summed E-state index contributed by atoms with van der Waals surface area (Å²) < 4.78 is 1.96. The largest absolute Gasteiger partial charge is 0.274 e. The first-order chi connectivity index (χ1) is 17.3. The van der Waals surface area contributed by atoms with E-state index in [9.17, 15) is 4.79 Å². The first-order valence-corrected chi connectivity index (χ1v) is 13.2. The van der Waals surface area contributed by atoms with Crippen molar-refractivity contribution in [2.45, 2.75) is 82.1 Å². The maximum atomic E-state index is 14.5. The standard InChI is InChI=1S/C29H33N5O/c35-27-25-26(24-12-6-5-9-22(24)19-29(25)15-7-2-8-16-29)32-28(34(27)23-10-3-1-4-11-23)33-31-20-21-13-17-30-18-14-21/h5-6,9,12-14,17-18,20,23H,1-4,7-8,10-11,15-16,19H2,(H,32,33)/b31-20-. The Morgan fingerprint density at radius 3 is 2.51 bits per heavy atom. The van der Waals surface area contributed by atoms with Crippen molar-refractivity contribution in [2.75, 3.05) is 5.43 Å². The Bertz CT molecular complexity index is 1280. The Balaban J connectivity index is 1.52. The molecule has 0 saturated heterocycles. The number of rotatable bonds is 4. The molecule has 6 heteroatoms.